The van der Waals surface area contributed by atoms with Crippen molar-refractivity contribution in [2.24, 2.45) is 0 Å². The summed E-state index contributed by atoms with van der Waals surface area (Å²) in [6.07, 6.45) is 6.18. The van der Waals surface area contributed by atoms with Crippen LogP contribution < -0.4 is 5.32 Å². The summed E-state index contributed by atoms with van der Waals surface area (Å²) in [5.41, 5.74) is 4.31. The molecule has 124 valence electrons. The van der Waals surface area contributed by atoms with Gasteiger partial charge in [-0.3, -0.25) is 0 Å². The number of benzene rings is 1. The summed E-state index contributed by atoms with van der Waals surface area (Å²) in [5, 5.41) is 3.43. The van der Waals surface area contributed by atoms with E-state index < -0.39 is 0 Å². The Balaban J connectivity index is 0.000000422. The zero-order valence-corrected chi connectivity index (χ0v) is 15.2. The predicted molar refractivity (Wildman–Crippen MR) is 98.1 cm³/mol. The summed E-state index contributed by atoms with van der Waals surface area (Å²) in [5.74, 6) is 0.598. The first-order chi connectivity index (χ1) is 10.6. The quantitative estimate of drug-likeness (QED) is 0.830. The zero-order valence-electron chi connectivity index (χ0n) is 15.2. The van der Waals surface area contributed by atoms with E-state index in [9.17, 15) is 0 Å². The Hall–Kier alpha value is -1.28. The Kier molecular flexibility index (Phi) is 8.91. The maximum absolute atomic E-state index is 3.43. The largest absolute Gasteiger partial charge is 0.390 e. The van der Waals surface area contributed by atoms with E-state index in [1.54, 1.807) is 0 Å². The molecule has 1 aliphatic heterocycles. The molecule has 1 heterocycles. The Morgan fingerprint density at radius 3 is 2.50 bits per heavy atom. The SMILES string of the molecule is CC(C)=CNCC1CN(C)Cc2ccccc21.CCCCC. The Morgan fingerprint density at radius 2 is 1.91 bits per heavy atom. The van der Waals surface area contributed by atoms with E-state index in [1.807, 2.05) is 0 Å². The van der Waals surface area contributed by atoms with E-state index in [-0.39, 0.29) is 0 Å². The molecule has 0 radical (unpaired) electrons. The Labute approximate surface area is 137 Å². The number of allylic oxidation sites excluding steroid dienone is 1. The summed E-state index contributed by atoms with van der Waals surface area (Å²) in [6.45, 7) is 11.9. The van der Waals surface area contributed by atoms with Gasteiger partial charge in [-0.25, -0.2) is 0 Å². The fourth-order valence-corrected chi connectivity index (χ4v) is 2.84. The van der Waals surface area contributed by atoms with E-state index in [1.165, 1.54) is 36.0 Å². The summed E-state index contributed by atoms with van der Waals surface area (Å²) in [7, 11) is 2.20. The van der Waals surface area contributed by atoms with Crippen LogP contribution in [0.4, 0.5) is 0 Å². The van der Waals surface area contributed by atoms with Crippen LogP contribution in [0.25, 0.3) is 0 Å². The molecule has 1 aromatic rings. The summed E-state index contributed by atoms with van der Waals surface area (Å²) >= 11 is 0. The third kappa shape index (κ3) is 6.65. The molecule has 2 rings (SSSR count). The van der Waals surface area contributed by atoms with E-state index >= 15 is 0 Å². The maximum Gasteiger partial charge on any atom is 0.0233 e. The number of fused-ring (bicyclic) bond motifs is 1. The van der Waals surface area contributed by atoms with Gasteiger partial charge in [-0.15, -0.1) is 0 Å². The smallest absolute Gasteiger partial charge is 0.0233 e. The third-order valence-corrected chi connectivity index (χ3v) is 3.93. The Morgan fingerprint density at radius 1 is 1.23 bits per heavy atom. The lowest BCUT2D eigenvalue weighted by atomic mass is 9.90. The first-order valence-corrected chi connectivity index (χ1v) is 8.71. The van der Waals surface area contributed by atoms with Crippen LogP contribution in [-0.2, 0) is 6.54 Å². The van der Waals surface area contributed by atoms with Crippen molar-refractivity contribution in [1.29, 1.82) is 0 Å². The van der Waals surface area contributed by atoms with Gasteiger partial charge in [-0.2, -0.15) is 0 Å². The van der Waals surface area contributed by atoms with Crippen LogP contribution in [0.3, 0.4) is 0 Å². The van der Waals surface area contributed by atoms with Crippen LogP contribution in [0, 0.1) is 0 Å². The molecule has 1 atom stereocenters. The zero-order chi connectivity index (χ0) is 16.4. The molecule has 2 nitrogen and oxygen atoms in total. The first kappa shape index (κ1) is 18.8. The molecule has 0 aromatic heterocycles. The number of rotatable bonds is 5. The molecule has 0 amide bonds. The van der Waals surface area contributed by atoms with Gasteiger partial charge in [0.25, 0.3) is 0 Å². The van der Waals surface area contributed by atoms with Crippen LogP contribution in [0.15, 0.2) is 36.0 Å². The number of likely N-dealkylation sites (N-methyl/N-ethyl adjacent to an activating group) is 1. The topological polar surface area (TPSA) is 15.3 Å². The maximum atomic E-state index is 3.43. The summed E-state index contributed by atoms with van der Waals surface area (Å²) < 4.78 is 0. The molecule has 0 saturated heterocycles. The molecule has 1 aromatic carbocycles. The average molecular weight is 303 g/mol. The highest BCUT2D eigenvalue weighted by Gasteiger charge is 2.22. The van der Waals surface area contributed by atoms with E-state index in [0.29, 0.717) is 5.92 Å². The van der Waals surface area contributed by atoms with Crippen LogP contribution in [-0.4, -0.2) is 25.0 Å². The second-order valence-electron chi connectivity index (χ2n) is 6.58. The van der Waals surface area contributed by atoms with Crippen LogP contribution in [0.1, 0.15) is 64.0 Å². The molecule has 1 N–H and O–H groups in total. The lowest BCUT2D eigenvalue weighted by Crippen LogP contribution is -2.34. The highest BCUT2D eigenvalue weighted by atomic mass is 15.1. The van der Waals surface area contributed by atoms with Crippen molar-refractivity contribution in [3.8, 4) is 0 Å². The minimum absolute atomic E-state index is 0.598. The summed E-state index contributed by atoms with van der Waals surface area (Å²) in [4.78, 5) is 2.40. The van der Waals surface area contributed by atoms with E-state index in [0.717, 1.165) is 19.6 Å². The standard InChI is InChI=1S/C15H22N2.C5H12/c1-12(2)8-16-9-14-11-17(3)10-13-6-4-5-7-15(13)14;1-3-5-4-2/h4-8,14,16H,9-11H2,1-3H3;3-5H2,1-2H3. The molecule has 2 heteroatoms. The van der Waals surface area contributed by atoms with Crippen molar-refractivity contribution >= 4 is 0 Å². The van der Waals surface area contributed by atoms with Gasteiger partial charge in [0.1, 0.15) is 0 Å². The molecule has 0 aliphatic carbocycles. The van der Waals surface area contributed by atoms with Crippen molar-refractivity contribution in [3.63, 3.8) is 0 Å². The number of nitrogens with one attached hydrogen (secondary N) is 1. The summed E-state index contributed by atoms with van der Waals surface area (Å²) in [6, 6.07) is 8.81. The highest BCUT2D eigenvalue weighted by molar-refractivity contribution is 5.33. The van der Waals surface area contributed by atoms with Crippen molar-refractivity contribution in [2.75, 3.05) is 20.1 Å². The number of unbranched alkanes of at least 4 members (excludes halogenated alkanes) is 2. The van der Waals surface area contributed by atoms with Gasteiger partial charge in [-0.1, -0.05) is 62.9 Å². The van der Waals surface area contributed by atoms with Crippen molar-refractivity contribution in [3.05, 3.63) is 47.2 Å². The van der Waals surface area contributed by atoms with E-state index in [2.05, 4.69) is 75.4 Å². The number of hydrogen-bond acceptors (Lipinski definition) is 2. The van der Waals surface area contributed by atoms with Crippen LogP contribution in [0.2, 0.25) is 0 Å². The molecule has 0 saturated carbocycles. The van der Waals surface area contributed by atoms with Gasteiger partial charge in [0.05, 0.1) is 0 Å². The van der Waals surface area contributed by atoms with Gasteiger partial charge in [0.2, 0.25) is 0 Å². The van der Waals surface area contributed by atoms with Crippen LogP contribution >= 0.6 is 0 Å². The van der Waals surface area contributed by atoms with Crippen molar-refractivity contribution < 1.29 is 0 Å². The van der Waals surface area contributed by atoms with Crippen molar-refractivity contribution in [2.45, 2.75) is 59.4 Å². The fraction of sp³-hybridized carbons (Fsp3) is 0.600. The second kappa shape index (κ2) is 10.4. The highest BCUT2D eigenvalue weighted by Crippen LogP contribution is 2.26. The fourth-order valence-electron chi connectivity index (χ4n) is 2.84. The molecule has 22 heavy (non-hydrogen) atoms. The van der Waals surface area contributed by atoms with E-state index in [4.69, 9.17) is 0 Å². The number of hydrogen-bond donors (Lipinski definition) is 1. The predicted octanol–water partition coefficient (Wildman–Crippen LogP) is 4.93. The third-order valence-electron chi connectivity index (χ3n) is 3.93. The lowest BCUT2D eigenvalue weighted by Gasteiger charge is -2.32. The second-order valence-corrected chi connectivity index (χ2v) is 6.58. The molecule has 1 aliphatic rings. The number of nitrogens with zero attached hydrogens (tertiary/aromatic N) is 1. The minimum atomic E-state index is 0.598. The van der Waals surface area contributed by atoms with Gasteiger partial charge >= 0.3 is 0 Å². The van der Waals surface area contributed by atoms with Crippen LogP contribution in [0.5, 0.6) is 0 Å². The van der Waals surface area contributed by atoms with Gasteiger partial charge < -0.3 is 10.2 Å². The molecule has 0 fully saturated rings. The molecular formula is C20H34N2. The normalized spacial score (nSPS) is 17.0. The van der Waals surface area contributed by atoms with Gasteiger partial charge in [-0.05, 0) is 38.2 Å². The lowest BCUT2D eigenvalue weighted by molar-refractivity contribution is 0.279. The van der Waals surface area contributed by atoms with Crippen molar-refractivity contribution in [1.82, 2.24) is 10.2 Å². The average Bonchev–Trinajstić information content (AvgIpc) is 2.48. The minimum Gasteiger partial charge on any atom is -0.390 e. The van der Waals surface area contributed by atoms with Gasteiger partial charge in [0, 0.05) is 25.6 Å². The first-order valence-electron chi connectivity index (χ1n) is 8.71. The molecule has 1 unspecified atom stereocenters. The van der Waals surface area contributed by atoms with Gasteiger partial charge in [0.15, 0.2) is 0 Å². The molecular weight excluding hydrogens is 268 g/mol. The molecule has 0 spiro atoms. The monoisotopic (exact) mass is 302 g/mol. The molecule has 0 bridgehead atoms. The Bertz CT molecular complexity index is 445.